The summed E-state index contributed by atoms with van der Waals surface area (Å²) in [4.78, 5) is 23.1. The molecular weight excluding hydrogens is 294 g/mol. The highest BCUT2D eigenvalue weighted by atomic mass is 16.9. The lowest BCUT2D eigenvalue weighted by Crippen LogP contribution is -2.76. The highest BCUT2D eigenvalue weighted by molar-refractivity contribution is 5.83. The van der Waals surface area contributed by atoms with Gasteiger partial charge in [0.25, 0.3) is 0 Å². The molecule has 6 atom stereocenters. The lowest BCUT2D eigenvalue weighted by molar-refractivity contribution is -0.512. The summed E-state index contributed by atoms with van der Waals surface area (Å²) in [7, 11) is 0. The summed E-state index contributed by atoms with van der Waals surface area (Å²) >= 11 is 0. The second kappa shape index (κ2) is 5.14. The standard InChI is InChI=1S/C10H15NO10/c11-3-1-5(13)20-9(17)7(15)6(14)4(2-12)19-10(9,18)21-8(3)16/h3-4,6-7,12,14-15,17-18H,1-2,11H2/t3?,4-,6+,7+,9-,10+/m1/s1. The van der Waals surface area contributed by atoms with Gasteiger partial charge in [-0.15, -0.1) is 0 Å². The fourth-order valence-electron chi connectivity index (χ4n) is 2.04. The molecule has 0 radical (unpaired) electrons. The maximum absolute atomic E-state index is 11.6. The number of carbonyl (C=O) groups is 2. The first kappa shape index (κ1) is 16.0. The smallest absolute Gasteiger partial charge is 0.399 e. The van der Waals surface area contributed by atoms with Crippen LogP contribution < -0.4 is 5.73 Å². The molecule has 7 N–H and O–H groups in total. The minimum Gasteiger partial charge on any atom is -0.420 e. The lowest BCUT2D eigenvalue weighted by atomic mass is 9.93. The average Bonchev–Trinajstić information content (AvgIpc) is 2.40. The number of hydrogen-bond acceptors (Lipinski definition) is 11. The Bertz CT molecular complexity index is 457. The van der Waals surface area contributed by atoms with Crippen LogP contribution in [0, 0.1) is 0 Å². The number of carbonyl (C=O) groups excluding carboxylic acids is 2. The van der Waals surface area contributed by atoms with Crippen molar-refractivity contribution in [3.05, 3.63) is 0 Å². The lowest BCUT2D eigenvalue weighted by Gasteiger charge is -2.50. The zero-order valence-electron chi connectivity index (χ0n) is 10.6. The van der Waals surface area contributed by atoms with Crippen molar-refractivity contribution in [1.29, 1.82) is 0 Å². The van der Waals surface area contributed by atoms with E-state index in [4.69, 9.17) is 10.8 Å². The molecule has 0 saturated carbocycles. The predicted octanol–water partition coefficient (Wildman–Crippen LogP) is -4.75. The molecule has 2 fully saturated rings. The Morgan fingerprint density at radius 1 is 1.24 bits per heavy atom. The third-order valence-electron chi connectivity index (χ3n) is 3.25. The van der Waals surface area contributed by atoms with Gasteiger partial charge in [0.1, 0.15) is 18.2 Å². The Morgan fingerprint density at radius 2 is 1.86 bits per heavy atom. The van der Waals surface area contributed by atoms with Gasteiger partial charge in [-0.1, -0.05) is 0 Å². The number of hydrogen-bond donors (Lipinski definition) is 6. The van der Waals surface area contributed by atoms with E-state index in [1.807, 2.05) is 0 Å². The van der Waals surface area contributed by atoms with Crippen molar-refractivity contribution >= 4 is 11.9 Å². The number of aliphatic hydroxyl groups excluding tert-OH is 3. The van der Waals surface area contributed by atoms with Crippen molar-refractivity contribution in [3.63, 3.8) is 0 Å². The van der Waals surface area contributed by atoms with Gasteiger partial charge in [-0.25, -0.2) is 0 Å². The summed E-state index contributed by atoms with van der Waals surface area (Å²) in [5.41, 5.74) is 5.31. The van der Waals surface area contributed by atoms with E-state index in [-0.39, 0.29) is 0 Å². The molecule has 0 aromatic rings. The van der Waals surface area contributed by atoms with E-state index in [0.29, 0.717) is 0 Å². The topological polar surface area (TPSA) is 189 Å². The van der Waals surface area contributed by atoms with E-state index >= 15 is 0 Å². The number of fused-ring (bicyclic) bond motifs is 1. The molecule has 2 rings (SSSR count). The molecule has 0 spiro atoms. The summed E-state index contributed by atoms with van der Waals surface area (Å²) in [5.74, 6) is -9.18. The number of aliphatic hydroxyl groups is 5. The molecule has 11 heteroatoms. The van der Waals surface area contributed by atoms with Gasteiger partial charge in [-0.05, 0) is 0 Å². The SMILES string of the molecule is NC1CC(=O)O[C@]2(O)[C@@H](O)[C@@H](O)[C@@H](CO)O[C@]2(O)OC1=O. The van der Waals surface area contributed by atoms with Crippen molar-refractivity contribution in [3.8, 4) is 0 Å². The van der Waals surface area contributed by atoms with Crippen LogP contribution in [0.2, 0.25) is 0 Å². The molecule has 0 aliphatic carbocycles. The minimum absolute atomic E-state index is 0.691. The van der Waals surface area contributed by atoms with Crippen LogP contribution in [-0.4, -0.2) is 80.2 Å². The normalized spacial score (nSPS) is 47.7. The van der Waals surface area contributed by atoms with Gasteiger partial charge in [0.2, 0.25) is 0 Å². The Hall–Kier alpha value is -1.34. The van der Waals surface area contributed by atoms with E-state index in [0.717, 1.165) is 0 Å². The number of rotatable bonds is 1. The first-order chi connectivity index (χ1) is 9.64. The second-order valence-corrected chi connectivity index (χ2v) is 4.76. The quantitative estimate of drug-likeness (QED) is 0.255. The van der Waals surface area contributed by atoms with Gasteiger partial charge in [-0.3, -0.25) is 9.59 Å². The Labute approximate surface area is 117 Å². The molecule has 2 aliphatic rings. The molecule has 2 heterocycles. The van der Waals surface area contributed by atoms with Crippen LogP contribution in [0.25, 0.3) is 0 Å². The number of esters is 2. The van der Waals surface area contributed by atoms with E-state index < -0.39 is 61.1 Å². The molecule has 0 bridgehead atoms. The van der Waals surface area contributed by atoms with Crippen molar-refractivity contribution in [2.75, 3.05) is 6.61 Å². The fraction of sp³-hybridized carbons (Fsp3) is 0.800. The summed E-state index contributed by atoms with van der Waals surface area (Å²) in [5, 5.41) is 48.8. The summed E-state index contributed by atoms with van der Waals surface area (Å²) < 4.78 is 13.6. The molecule has 2 saturated heterocycles. The van der Waals surface area contributed by atoms with E-state index in [1.54, 1.807) is 0 Å². The molecule has 0 amide bonds. The van der Waals surface area contributed by atoms with Crippen LogP contribution in [0.5, 0.6) is 0 Å². The number of nitrogens with two attached hydrogens (primary N) is 1. The molecule has 11 nitrogen and oxygen atoms in total. The van der Waals surface area contributed by atoms with Gasteiger partial charge in [0.05, 0.1) is 13.0 Å². The molecule has 120 valence electrons. The van der Waals surface area contributed by atoms with Crippen molar-refractivity contribution in [2.45, 2.75) is 42.5 Å². The summed E-state index contributed by atoms with van der Waals surface area (Å²) in [6.07, 6.45) is -6.56. The predicted molar refractivity (Wildman–Crippen MR) is 58.6 cm³/mol. The Balaban J connectivity index is 2.45. The van der Waals surface area contributed by atoms with Crippen LogP contribution in [0.1, 0.15) is 6.42 Å². The van der Waals surface area contributed by atoms with Crippen molar-refractivity contribution in [1.82, 2.24) is 0 Å². The molecule has 0 aromatic heterocycles. The Kier molecular flexibility index (Phi) is 3.92. The first-order valence-electron chi connectivity index (χ1n) is 5.94. The average molecular weight is 309 g/mol. The van der Waals surface area contributed by atoms with Gasteiger partial charge in [0.15, 0.2) is 6.10 Å². The van der Waals surface area contributed by atoms with E-state index in [1.165, 1.54) is 0 Å². The molecule has 21 heavy (non-hydrogen) atoms. The van der Waals surface area contributed by atoms with Gasteiger partial charge >= 0.3 is 23.7 Å². The first-order valence-corrected chi connectivity index (χ1v) is 5.94. The maximum atomic E-state index is 11.6. The fourth-order valence-corrected chi connectivity index (χ4v) is 2.04. The van der Waals surface area contributed by atoms with Crippen LogP contribution in [0.15, 0.2) is 0 Å². The highest BCUT2D eigenvalue weighted by Gasteiger charge is 2.70. The largest absolute Gasteiger partial charge is 0.420 e. The summed E-state index contributed by atoms with van der Waals surface area (Å²) in [6.45, 7) is -0.895. The number of ether oxygens (including phenoxy) is 3. The third kappa shape index (κ3) is 2.38. The zero-order valence-corrected chi connectivity index (χ0v) is 10.6. The monoisotopic (exact) mass is 309 g/mol. The Morgan fingerprint density at radius 3 is 2.43 bits per heavy atom. The molecule has 1 unspecified atom stereocenters. The van der Waals surface area contributed by atoms with E-state index in [9.17, 15) is 30.0 Å². The van der Waals surface area contributed by atoms with Gasteiger partial charge in [-0.2, -0.15) is 0 Å². The second-order valence-electron chi connectivity index (χ2n) is 4.76. The third-order valence-corrected chi connectivity index (χ3v) is 3.25. The van der Waals surface area contributed by atoms with Crippen molar-refractivity contribution in [2.24, 2.45) is 5.73 Å². The molecule has 2 aliphatic heterocycles. The van der Waals surface area contributed by atoms with Crippen LogP contribution in [0.3, 0.4) is 0 Å². The zero-order chi connectivity index (χ0) is 16.0. The van der Waals surface area contributed by atoms with Crippen LogP contribution in [-0.2, 0) is 23.8 Å². The van der Waals surface area contributed by atoms with Crippen LogP contribution >= 0.6 is 0 Å². The minimum atomic E-state index is -3.34. The van der Waals surface area contributed by atoms with E-state index in [2.05, 4.69) is 14.2 Å². The van der Waals surface area contributed by atoms with Gasteiger partial charge < -0.3 is 45.5 Å². The van der Waals surface area contributed by atoms with Gasteiger partial charge in [0, 0.05) is 0 Å². The summed E-state index contributed by atoms with van der Waals surface area (Å²) in [6, 6.07) is -1.49. The highest BCUT2D eigenvalue weighted by Crippen LogP contribution is 2.40. The maximum Gasteiger partial charge on any atom is 0.399 e. The van der Waals surface area contributed by atoms with Crippen LogP contribution in [0.4, 0.5) is 0 Å². The van der Waals surface area contributed by atoms with Crippen molar-refractivity contribution < 1.29 is 49.3 Å². The molecular formula is C10H15NO10. The molecule has 0 aromatic carbocycles.